The lowest BCUT2D eigenvalue weighted by Gasteiger charge is -2.28. The molecule has 1 aliphatic carbocycles. The van der Waals surface area contributed by atoms with Gasteiger partial charge in [-0.25, -0.2) is 18.7 Å². The molecule has 178 valence electrons. The molecule has 1 saturated carbocycles. The molecule has 1 aliphatic rings. The van der Waals surface area contributed by atoms with E-state index in [1.54, 1.807) is 20.2 Å². The summed E-state index contributed by atoms with van der Waals surface area (Å²) in [4.78, 5) is 12.2. The summed E-state index contributed by atoms with van der Waals surface area (Å²) in [5.74, 6) is 0.00945. The van der Waals surface area contributed by atoms with E-state index in [4.69, 9.17) is 15.2 Å². The number of hydrogen-bond acceptors (Lipinski definition) is 6. The van der Waals surface area contributed by atoms with Crippen LogP contribution >= 0.6 is 11.8 Å². The Morgan fingerprint density at radius 1 is 1.33 bits per heavy atom. The molecule has 0 unspecified atom stereocenters. The van der Waals surface area contributed by atoms with Crippen LogP contribution in [-0.4, -0.2) is 47.3 Å². The molecule has 2 aromatic rings. The molecule has 1 aromatic carbocycles. The van der Waals surface area contributed by atoms with Crippen LogP contribution in [0.1, 0.15) is 43.0 Å². The van der Waals surface area contributed by atoms with Crippen LogP contribution in [0, 0.1) is 11.7 Å². The van der Waals surface area contributed by atoms with Crippen LogP contribution in [0.15, 0.2) is 35.6 Å². The zero-order valence-electron chi connectivity index (χ0n) is 19.2. The second kappa shape index (κ2) is 11.6. The molecule has 0 radical (unpaired) electrons. The Bertz CT molecular complexity index is 996. The zero-order chi connectivity index (χ0) is 23.8. The first-order valence-corrected chi connectivity index (χ1v) is 11.6. The minimum atomic E-state index is -0.568. The van der Waals surface area contributed by atoms with Crippen molar-refractivity contribution in [2.75, 3.05) is 27.4 Å². The Morgan fingerprint density at radius 3 is 2.73 bits per heavy atom. The number of ether oxygens (including phenoxy) is 2. The third kappa shape index (κ3) is 7.23. The van der Waals surface area contributed by atoms with Crippen LogP contribution in [0.25, 0.3) is 11.9 Å². The van der Waals surface area contributed by atoms with E-state index in [0.717, 1.165) is 0 Å². The Morgan fingerprint density at radius 2 is 2.12 bits per heavy atom. The minimum Gasteiger partial charge on any atom is -0.476 e. The molecule has 33 heavy (non-hydrogen) atoms. The highest BCUT2D eigenvalue weighted by molar-refractivity contribution is 8.15. The maximum absolute atomic E-state index is 14.8. The summed E-state index contributed by atoms with van der Waals surface area (Å²) < 4.78 is 39.7. The average molecular weight is 477 g/mol. The van der Waals surface area contributed by atoms with Gasteiger partial charge in [-0.15, -0.1) is 0 Å². The highest BCUT2D eigenvalue weighted by atomic mass is 32.2. The second-order valence-corrected chi connectivity index (χ2v) is 10.0. The molecular formula is C24H30F2N4O2S. The van der Waals surface area contributed by atoms with Crippen LogP contribution in [0.3, 0.4) is 0 Å². The Kier molecular flexibility index (Phi) is 8.80. The fourth-order valence-electron chi connectivity index (χ4n) is 3.54. The Balaban J connectivity index is 1.73. The van der Waals surface area contributed by atoms with Crippen molar-refractivity contribution in [1.82, 2.24) is 9.97 Å². The first-order valence-electron chi connectivity index (χ1n) is 10.8. The summed E-state index contributed by atoms with van der Waals surface area (Å²) in [7, 11) is 3.17. The topological polar surface area (TPSA) is 82.6 Å². The maximum atomic E-state index is 14.8. The fourth-order valence-corrected chi connectivity index (χ4v) is 4.54. The third-order valence-corrected chi connectivity index (χ3v) is 6.66. The number of methoxy groups -OCH3 is 1. The van der Waals surface area contributed by atoms with Gasteiger partial charge in [0.15, 0.2) is 11.0 Å². The first-order chi connectivity index (χ1) is 15.8. The number of aromatic nitrogens is 2. The van der Waals surface area contributed by atoms with Gasteiger partial charge in [-0.1, -0.05) is 24.2 Å². The molecule has 1 atom stereocenters. The number of nitrogens with two attached hydrogens (primary N) is 1. The highest BCUT2D eigenvalue weighted by Crippen LogP contribution is 2.31. The lowest BCUT2D eigenvalue weighted by molar-refractivity contribution is 0.173. The summed E-state index contributed by atoms with van der Waals surface area (Å²) in [6, 6.07) is 4.46. The predicted molar refractivity (Wildman–Crippen MR) is 129 cm³/mol. The maximum Gasteiger partial charge on any atom is 0.232 e. The van der Waals surface area contributed by atoms with Crippen molar-refractivity contribution >= 4 is 28.8 Å². The SMILES string of the molecule is C/N=C(/N)S[C@@](C)(COC)Cc1cc(/C=C(\F)c2cnc(OCC3CCC3)cn2)ccc1F. The van der Waals surface area contributed by atoms with Gasteiger partial charge >= 0.3 is 0 Å². The van der Waals surface area contributed by atoms with Crippen LogP contribution < -0.4 is 10.5 Å². The van der Waals surface area contributed by atoms with E-state index in [-0.39, 0.29) is 11.5 Å². The van der Waals surface area contributed by atoms with E-state index in [1.165, 1.54) is 61.6 Å². The number of amidine groups is 1. The van der Waals surface area contributed by atoms with Crippen molar-refractivity contribution in [2.24, 2.45) is 16.6 Å². The molecule has 0 bridgehead atoms. The van der Waals surface area contributed by atoms with E-state index >= 15 is 0 Å². The lowest BCUT2D eigenvalue weighted by Crippen LogP contribution is -2.33. The van der Waals surface area contributed by atoms with Crippen molar-refractivity contribution in [3.8, 4) is 5.88 Å². The third-order valence-electron chi connectivity index (χ3n) is 5.51. The molecule has 0 spiro atoms. The van der Waals surface area contributed by atoms with E-state index in [1.807, 2.05) is 6.92 Å². The number of rotatable bonds is 10. The number of thioether (sulfide) groups is 1. The Labute approximate surface area is 197 Å². The number of benzene rings is 1. The summed E-state index contributed by atoms with van der Waals surface area (Å²) in [6.45, 7) is 2.87. The van der Waals surface area contributed by atoms with Gasteiger partial charge in [-0.05, 0) is 61.4 Å². The van der Waals surface area contributed by atoms with Crippen molar-refractivity contribution in [3.05, 3.63) is 53.2 Å². The minimum absolute atomic E-state index is 0.0866. The molecule has 2 N–H and O–H groups in total. The van der Waals surface area contributed by atoms with Gasteiger partial charge in [0.1, 0.15) is 11.5 Å². The smallest absolute Gasteiger partial charge is 0.232 e. The molecule has 0 amide bonds. The first kappa shape index (κ1) is 25.1. The van der Waals surface area contributed by atoms with Gasteiger partial charge in [0.25, 0.3) is 0 Å². The van der Waals surface area contributed by atoms with Crippen molar-refractivity contribution < 1.29 is 18.3 Å². The van der Waals surface area contributed by atoms with Crippen LogP contribution in [-0.2, 0) is 11.2 Å². The standard InChI is InChI=1S/C24H30F2N4O2S/c1-24(15-31-3,33-23(27)28-2)11-18-9-17(7-8-19(18)25)10-20(26)21-12-30-22(13-29-21)32-14-16-5-4-6-16/h7-10,12-13,16H,4-6,11,14-15H2,1-3H3,(H2,27,28)/b20-10-/t24-/m1/s1. The van der Waals surface area contributed by atoms with E-state index < -0.39 is 10.6 Å². The van der Waals surface area contributed by atoms with Crippen molar-refractivity contribution in [2.45, 2.75) is 37.4 Å². The zero-order valence-corrected chi connectivity index (χ0v) is 20.0. The van der Waals surface area contributed by atoms with Gasteiger partial charge in [0.05, 0.1) is 25.6 Å². The van der Waals surface area contributed by atoms with Gasteiger partial charge in [0, 0.05) is 18.9 Å². The summed E-state index contributed by atoms with van der Waals surface area (Å²) in [5.41, 5.74) is 6.91. The fraction of sp³-hybridized carbons (Fsp3) is 0.458. The summed E-state index contributed by atoms with van der Waals surface area (Å²) in [5, 5.41) is 0.385. The normalized spacial score (nSPS) is 16.9. The quantitative estimate of drug-likeness (QED) is 0.388. The van der Waals surface area contributed by atoms with E-state index in [9.17, 15) is 8.78 Å². The molecule has 1 fully saturated rings. The molecule has 9 heteroatoms. The number of halogens is 2. The van der Waals surface area contributed by atoms with Gasteiger partial charge < -0.3 is 15.2 Å². The second-order valence-electron chi connectivity index (χ2n) is 8.41. The van der Waals surface area contributed by atoms with E-state index in [0.29, 0.717) is 47.7 Å². The number of aliphatic imine (C=N–C) groups is 1. The summed E-state index contributed by atoms with van der Waals surface area (Å²) in [6.07, 6.45) is 7.98. The number of hydrogen-bond donors (Lipinski definition) is 1. The van der Waals surface area contributed by atoms with Gasteiger partial charge in [-0.3, -0.25) is 4.99 Å². The molecule has 0 aliphatic heterocycles. The Hall–Kier alpha value is -2.52. The lowest BCUT2D eigenvalue weighted by atomic mass is 9.86. The largest absolute Gasteiger partial charge is 0.476 e. The van der Waals surface area contributed by atoms with Crippen molar-refractivity contribution in [3.63, 3.8) is 0 Å². The molecule has 1 heterocycles. The highest BCUT2D eigenvalue weighted by Gasteiger charge is 2.28. The predicted octanol–water partition coefficient (Wildman–Crippen LogP) is 4.89. The molecule has 1 aromatic heterocycles. The van der Waals surface area contributed by atoms with Crippen molar-refractivity contribution in [1.29, 1.82) is 0 Å². The molecule has 0 saturated heterocycles. The van der Waals surface area contributed by atoms with E-state index in [2.05, 4.69) is 15.0 Å². The van der Waals surface area contributed by atoms with Crippen LogP contribution in [0.4, 0.5) is 8.78 Å². The van der Waals surface area contributed by atoms with Crippen LogP contribution in [0.2, 0.25) is 0 Å². The average Bonchev–Trinajstić information content (AvgIpc) is 2.75. The monoisotopic (exact) mass is 476 g/mol. The molecular weight excluding hydrogens is 446 g/mol. The van der Waals surface area contributed by atoms with Crippen LogP contribution in [0.5, 0.6) is 5.88 Å². The van der Waals surface area contributed by atoms with Gasteiger partial charge in [-0.2, -0.15) is 0 Å². The molecule has 3 rings (SSSR count). The summed E-state index contributed by atoms with van der Waals surface area (Å²) >= 11 is 1.32. The number of nitrogens with zero attached hydrogens (tertiary/aromatic N) is 3. The molecule has 6 nitrogen and oxygen atoms in total. The van der Waals surface area contributed by atoms with Gasteiger partial charge in [0.2, 0.25) is 5.88 Å².